The largest absolute Gasteiger partial charge is 0.306 e. The predicted octanol–water partition coefficient (Wildman–Crippen LogP) is 4.86. The lowest BCUT2D eigenvalue weighted by molar-refractivity contribution is 0.639. The lowest BCUT2D eigenvalue weighted by atomic mass is 10.1. The molecule has 4 heteroatoms. The van der Waals surface area contributed by atoms with Crippen LogP contribution in [0.1, 0.15) is 23.4 Å². The molecular weight excluding hydrogens is 318 g/mol. The first-order valence-electron chi connectivity index (χ1n) is 5.44. The van der Waals surface area contributed by atoms with Gasteiger partial charge in [0.05, 0.1) is 11.1 Å². The minimum Gasteiger partial charge on any atom is -0.306 e. The van der Waals surface area contributed by atoms with E-state index in [0.29, 0.717) is 0 Å². The summed E-state index contributed by atoms with van der Waals surface area (Å²) in [6.07, 6.45) is 0. The molecule has 1 heterocycles. The van der Waals surface area contributed by atoms with Gasteiger partial charge in [-0.15, -0.1) is 11.3 Å². The zero-order chi connectivity index (χ0) is 12.3. The number of thiophene rings is 1. The summed E-state index contributed by atoms with van der Waals surface area (Å²) in [5.41, 5.74) is 1.12. The Hall–Kier alpha value is -0.350. The number of nitrogens with one attached hydrogen (secondary N) is 1. The first kappa shape index (κ1) is 13.1. The topological polar surface area (TPSA) is 12.0 Å². The highest BCUT2D eigenvalue weighted by atomic mass is 79.9. The lowest BCUT2D eigenvalue weighted by Crippen LogP contribution is -2.21. The fourth-order valence-corrected chi connectivity index (χ4v) is 3.20. The van der Waals surface area contributed by atoms with Gasteiger partial charge in [-0.1, -0.05) is 36.7 Å². The van der Waals surface area contributed by atoms with Crippen LogP contribution in [0, 0.1) is 0 Å². The van der Waals surface area contributed by atoms with Crippen LogP contribution in [0.25, 0.3) is 0 Å². The maximum atomic E-state index is 6.36. The monoisotopic (exact) mass is 329 g/mol. The molecule has 0 saturated heterocycles. The van der Waals surface area contributed by atoms with E-state index in [9.17, 15) is 0 Å². The van der Waals surface area contributed by atoms with Crippen molar-refractivity contribution in [2.24, 2.45) is 0 Å². The second kappa shape index (κ2) is 6.01. The number of benzene rings is 1. The van der Waals surface area contributed by atoms with Gasteiger partial charge in [-0.25, -0.2) is 0 Å². The molecule has 2 aromatic rings. The Kier molecular flexibility index (Phi) is 4.62. The summed E-state index contributed by atoms with van der Waals surface area (Å²) in [7, 11) is 0. The smallest absolute Gasteiger partial charge is 0.0685 e. The van der Waals surface area contributed by atoms with Crippen LogP contribution in [0.5, 0.6) is 0 Å². The van der Waals surface area contributed by atoms with E-state index in [4.69, 9.17) is 11.6 Å². The molecular formula is C13H13BrClNS. The van der Waals surface area contributed by atoms with Crippen LogP contribution in [-0.4, -0.2) is 6.54 Å². The average molecular weight is 331 g/mol. The summed E-state index contributed by atoms with van der Waals surface area (Å²) in [5.74, 6) is 0. The fourth-order valence-electron chi connectivity index (χ4n) is 1.77. The quantitative estimate of drug-likeness (QED) is 0.844. The van der Waals surface area contributed by atoms with Crippen LogP contribution in [0.4, 0.5) is 0 Å². The van der Waals surface area contributed by atoms with E-state index < -0.39 is 0 Å². The van der Waals surface area contributed by atoms with Crippen molar-refractivity contribution in [2.75, 3.05) is 6.54 Å². The van der Waals surface area contributed by atoms with Gasteiger partial charge in [-0.3, -0.25) is 0 Å². The molecule has 17 heavy (non-hydrogen) atoms. The summed E-state index contributed by atoms with van der Waals surface area (Å²) >= 11 is 11.6. The molecule has 1 N–H and O–H groups in total. The second-order valence-electron chi connectivity index (χ2n) is 3.65. The van der Waals surface area contributed by atoms with Crippen molar-refractivity contribution in [3.05, 3.63) is 55.6 Å². The van der Waals surface area contributed by atoms with Crippen LogP contribution < -0.4 is 5.32 Å². The van der Waals surface area contributed by atoms with Gasteiger partial charge in [0.25, 0.3) is 0 Å². The van der Waals surface area contributed by atoms with E-state index >= 15 is 0 Å². The normalized spacial score (nSPS) is 12.6. The molecule has 0 radical (unpaired) electrons. The molecule has 0 amide bonds. The van der Waals surface area contributed by atoms with Crippen molar-refractivity contribution in [1.82, 2.24) is 5.32 Å². The van der Waals surface area contributed by atoms with Gasteiger partial charge in [-0.2, -0.15) is 0 Å². The van der Waals surface area contributed by atoms with Gasteiger partial charge in [0, 0.05) is 9.35 Å². The molecule has 0 saturated carbocycles. The standard InChI is InChI=1S/C13H13BrClNS/c1-2-16-13(11-7-4-8-17-11)9-5-3-6-10(14)12(9)15/h3-8,13,16H,2H2,1H3. The van der Waals surface area contributed by atoms with E-state index in [1.54, 1.807) is 11.3 Å². The van der Waals surface area contributed by atoms with Gasteiger partial charge in [-0.05, 0) is 45.6 Å². The van der Waals surface area contributed by atoms with E-state index in [1.807, 2.05) is 12.1 Å². The summed E-state index contributed by atoms with van der Waals surface area (Å²) in [6.45, 7) is 3.01. The number of halogens is 2. The Morgan fingerprint density at radius 2 is 2.18 bits per heavy atom. The number of rotatable bonds is 4. The molecule has 1 aromatic heterocycles. The van der Waals surface area contributed by atoms with Crippen LogP contribution in [0.2, 0.25) is 5.02 Å². The van der Waals surface area contributed by atoms with Crippen LogP contribution >= 0.6 is 38.9 Å². The van der Waals surface area contributed by atoms with Gasteiger partial charge < -0.3 is 5.32 Å². The van der Waals surface area contributed by atoms with Gasteiger partial charge >= 0.3 is 0 Å². The summed E-state index contributed by atoms with van der Waals surface area (Å²) < 4.78 is 0.941. The van der Waals surface area contributed by atoms with Crippen molar-refractivity contribution in [3.8, 4) is 0 Å². The summed E-state index contributed by atoms with van der Waals surface area (Å²) in [6, 6.07) is 10.4. The lowest BCUT2D eigenvalue weighted by Gasteiger charge is -2.18. The van der Waals surface area contributed by atoms with Gasteiger partial charge in [0.2, 0.25) is 0 Å². The van der Waals surface area contributed by atoms with Crippen molar-refractivity contribution >= 4 is 38.9 Å². The van der Waals surface area contributed by atoms with Crippen molar-refractivity contribution in [1.29, 1.82) is 0 Å². The molecule has 0 spiro atoms. The van der Waals surface area contributed by atoms with Crippen LogP contribution in [0.3, 0.4) is 0 Å². The Labute approximate surface area is 119 Å². The fraction of sp³-hybridized carbons (Fsp3) is 0.231. The molecule has 1 unspecified atom stereocenters. The van der Waals surface area contributed by atoms with E-state index in [1.165, 1.54) is 4.88 Å². The SMILES string of the molecule is CCNC(c1cccs1)c1cccc(Br)c1Cl. The minimum atomic E-state index is 0.171. The molecule has 0 bridgehead atoms. The Bertz CT molecular complexity index is 484. The zero-order valence-electron chi connectivity index (χ0n) is 9.41. The van der Waals surface area contributed by atoms with Crippen molar-refractivity contribution in [3.63, 3.8) is 0 Å². The van der Waals surface area contributed by atoms with Crippen LogP contribution in [0.15, 0.2) is 40.2 Å². The van der Waals surface area contributed by atoms with Crippen molar-refractivity contribution in [2.45, 2.75) is 13.0 Å². The Morgan fingerprint density at radius 1 is 1.35 bits per heavy atom. The third kappa shape index (κ3) is 2.91. The highest BCUT2D eigenvalue weighted by Crippen LogP contribution is 2.34. The maximum absolute atomic E-state index is 6.36. The molecule has 2 rings (SSSR count). The molecule has 1 nitrogen and oxygen atoms in total. The average Bonchev–Trinajstić information content (AvgIpc) is 2.84. The second-order valence-corrected chi connectivity index (χ2v) is 5.86. The number of hydrogen-bond acceptors (Lipinski definition) is 2. The first-order valence-corrected chi connectivity index (χ1v) is 7.49. The van der Waals surface area contributed by atoms with Crippen molar-refractivity contribution < 1.29 is 0 Å². The number of hydrogen-bond donors (Lipinski definition) is 1. The predicted molar refractivity (Wildman–Crippen MR) is 79.0 cm³/mol. The molecule has 0 aliphatic carbocycles. The van der Waals surface area contributed by atoms with Gasteiger partial charge in [0.1, 0.15) is 0 Å². The van der Waals surface area contributed by atoms with E-state index in [-0.39, 0.29) is 6.04 Å². The third-order valence-corrected chi connectivity index (χ3v) is 4.78. The first-order chi connectivity index (χ1) is 8.24. The van der Waals surface area contributed by atoms with E-state index in [0.717, 1.165) is 21.6 Å². The van der Waals surface area contributed by atoms with Gasteiger partial charge in [0.15, 0.2) is 0 Å². The summed E-state index contributed by atoms with van der Waals surface area (Å²) in [5, 5.41) is 6.35. The molecule has 0 aliphatic rings. The Morgan fingerprint density at radius 3 is 2.82 bits per heavy atom. The third-order valence-electron chi connectivity index (χ3n) is 2.53. The Balaban J connectivity index is 2.43. The maximum Gasteiger partial charge on any atom is 0.0685 e. The minimum absolute atomic E-state index is 0.171. The summed E-state index contributed by atoms with van der Waals surface area (Å²) in [4.78, 5) is 1.28. The van der Waals surface area contributed by atoms with E-state index in [2.05, 4.69) is 51.7 Å². The molecule has 90 valence electrons. The molecule has 1 aromatic carbocycles. The highest BCUT2D eigenvalue weighted by molar-refractivity contribution is 9.10. The van der Waals surface area contributed by atoms with Crippen LogP contribution in [-0.2, 0) is 0 Å². The zero-order valence-corrected chi connectivity index (χ0v) is 12.6. The molecule has 1 atom stereocenters. The highest BCUT2D eigenvalue weighted by Gasteiger charge is 2.17. The molecule has 0 fully saturated rings. The molecule has 0 aliphatic heterocycles.